The number of hydrogen-bond acceptors (Lipinski definition) is 5. The predicted molar refractivity (Wildman–Crippen MR) is 75.7 cm³/mol. The first-order valence-corrected chi connectivity index (χ1v) is 6.02. The van der Waals surface area contributed by atoms with Crippen LogP contribution in [-0.2, 0) is 4.79 Å². The molecule has 0 aliphatic rings. The minimum atomic E-state index is -1.18. The van der Waals surface area contributed by atoms with Gasteiger partial charge in [-0.2, -0.15) is 0 Å². The van der Waals surface area contributed by atoms with Crippen molar-refractivity contribution in [1.82, 2.24) is 10.3 Å². The average molecular weight is 287 g/mol. The third-order valence-corrected chi connectivity index (χ3v) is 2.70. The number of anilines is 1. The Balaban J connectivity index is 2.25. The molecule has 0 aliphatic heterocycles. The number of carboxylic acids is 1. The van der Waals surface area contributed by atoms with E-state index in [1.807, 2.05) is 0 Å². The van der Waals surface area contributed by atoms with Crippen LogP contribution >= 0.6 is 0 Å². The number of carbonyl (C=O) groups excluding carboxylic acids is 1. The van der Waals surface area contributed by atoms with Crippen LogP contribution < -0.4 is 11.1 Å². The van der Waals surface area contributed by atoms with E-state index in [9.17, 15) is 14.7 Å². The summed E-state index contributed by atoms with van der Waals surface area (Å²) in [6.07, 6.45) is 1.41. The summed E-state index contributed by atoms with van der Waals surface area (Å²) in [6.45, 7) is -0.545. The zero-order valence-corrected chi connectivity index (χ0v) is 10.9. The maximum absolute atomic E-state index is 11.7. The van der Waals surface area contributed by atoms with E-state index in [-0.39, 0.29) is 11.4 Å². The van der Waals surface area contributed by atoms with Crippen molar-refractivity contribution >= 4 is 17.6 Å². The zero-order chi connectivity index (χ0) is 15.4. The van der Waals surface area contributed by atoms with Crippen LogP contribution in [0.4, 0.5) is 5.69 Å². The largest absolute Gasteiger partial charge is 0.505 e. The molecule has 0 spiro atoms. The van der Waals surface area contributed by atoms with Crippen LogP contribution in [0.1, 0.15) is 10.5 Å². The minimum absolute atomic E-state index is 0.232. The summed E-state index contributed by atoms with van der Waals surface area (Å²) in [4.78, 5) is 25.9. The molecule has 1 heterocycles. The molecule has 0 radical (unpaired) electrons. The van der Waals surface area contributed by atoms with Crippen molar-refractivity contribution in [2.45, 2.75) is 0 Å². The second-order valence-corrected chi connectivity index (χ2v) is 4.29. The lowest BCUT2D eigenvalue weighted by molar-refractivity contribution is -0.135. The van der Waals surface area contributed by atoms with Crippen molar-refractivity contribution in [3.05, 3.63) is 42.2 Å². The highest BCUT2D eigenvalue weighted by Crippen LogP contribution is 2.25. The maximum atomic E-state index is 11.7. The van der Waals surface area contributed by atoms with Crippen molar-refractivity contribution < 1.29 is 19.8 Å². The van der Waals surface area contributed by atoms with Crippen LogP contribution in [0.3, 0.4) is 0 Å². The number of nitrogens with zero attached hydrogens (tertiary/aromatic N) is 1. The summed E-state index contributed by atoms with van der Waals surface area (Å²) in [5.41, 5.74) is 7.35. The summed E-state index contributed by atoms with van der Waals surface area (Å²) in [6, 6.07) is 8.36. The fourth-order valence-electron chi connectivity index (χ4n) is 1.74. The fourth-order valence-corrected chi connectivity index (χ4v) is 1.74. The molecule has 0 fully saturated rings. The van der Waals surface area contributed by atoms with E-state index in [1.54, 1.807) is 24.3 Å². The number of nitrogen functional groups attached to an aromatic ring is 1. The number of hydrogen-bond donors (Lipinski definition) is 4. The predicted octanol–water partition coefficient (Wildman–Crippen LogP) is 0.851. The molecule has 0 unspecified atom stereocenters. The van der Waals surface area contributed by atoms with E-state index in [2.05, 4.69) is 10.3 Å². The van der Waals surface area contributed by atoms with Gasteiger partial charge in [0.05, 0.1) is 0 Å². The number of aliphatic carboxylic acids is 1. The quantitative estimate of drug-likeness (QED) is 0.618. The number of aromatic hydroxyl groups is 1. The number of aromatic nitrogens is 1. The molecule has 5 N–H and O–H groups in total. The molecular formula is C14H13N3O4. The Labute approximate surface area is 120 Å². The van der Waals surface area contributed by atoms with Crippen molar-refractivity contribution in [3.63, 3.8) is 0 Å². The highest BCUT2D eigenvalue weighted by atomic mass is 16.4. The lowest BCUT2D eigenvalue weighted by Crippen LogP contribution is -2.29. The lowest BCUT2D eigenvalue weighted by atomic mass is 10.1. The van der Waals surface area contributed by atoms with Gasteiger partial charge in [-0.1, -0.05) is 12.1 Å². The van der Waals surface area contributed by atoms with E-state index in [4.69, 9.17) is 10.8 Å². The summed E-state index contributed by atoms with van der Waals surface area (Å²) in [7, 11) is 0. The molecule has 1 aromatic heterocycles. The number of carbonyl (C=O) groups is 2. The first-order chi connectivity index (χ1) is 9.97. The van der Waals surface area contributed by atoms with E-state index in [1.165, 1.54) is 12.3 Å². The molecule has 7 heteroatoms. The number of amides is 1. The molecule has 0 bridgehead atoms. The summed E-state index contributed by atoms with van der Waals surface area (Å²) < 4.78 is 0. The molecule has 0 aliphatic carbocycles. The maximum Gasteiger partial charge on any atom is 0.322 e. The average Bonchev–Trinajstić information content (AvgIpc) is 2.44. The van der Waals surface area contributed by atoms with Crippen LogP contribution in [-0.4, -0.2) is 33.6 Å². The highest BCUT2D eigenvalue weighted by molar-refractivity contribution is 5.96. The third-order valence-electron chi connectivity index (χ3n) is 2.70. The normalized spacial score (nSPS) is 10.1. The van der Waals surface area contributed by atoms with Gasteiger partial charge in [0.1, 0.15) is 12.3 Å². The van der Waals surface area contributed by atoms with Gasteiger partial charge >= 0.3 is 5.97 Å². The molecule has 2 rings (SSSR count). The summed E-state index contributed by atoms with van der Waals surface area (Å²) in [5, 5.41) is 20.5. The van der Waals surface area contributed by atoms with Gasteiger partial charge in [0.15, 0.2) is 5.69 Å². The van der Waals surface area contributed by atoms with Crippen LogP contribution in [0.15, 0.2) is 36.5 Å². The van der Waals surface area contributed by atoms with Crippen molar-refractivity contribution in [2.75, 3.05) is 12.3 Å². The molecule has 7 nitrogen and oxygen atoms in total. The Morgan fingerprint density at radius 1 is 1.24 bits per heavy atom. The first kappa shape index (κ1) is 14.3. The second-order valence-electron chi connectivity index (χ2n) is 4.29. The monoisotopic (exact) mass is 287 g/mol. The van der Waals surface area contributed by atoms with Crippen LogP contribution in [0.5, 0.6) is 5.75 Å². The van der Waals surface area contributed by atoms with Gasteiger partial charge in [0.25, 0.3) is 5.91 Å². The van der Waals surface area contributed by atoms with Gasteiger partial charge in [-0.25, -0.2) is 4.98 Å². The van der Waals surface area contributed by atoms with Gasteiger partial charge in [-0.15, -0.1) is 0 Å². The Kier molecular flexibility index (Phi) is 4.03. The molecule has 0 saturated carbocycles. The van der Waals surface area contributed by atoms with Crippen molar-refractivity contribution in [1.29, 1.82) is 0 Å². The molecule has 1 aromatic carbocycles. The van der Waals surface area contributed by atoms with E-state index < -0.39 is 18.4 Å². The molecule has 1 amide bonds. The van der Waals surface area contributed by atoms with Gasteiger partial charge in [-0.3, -0.25) is 9.59 Å². The molecule has 2 aromatic rings. The number of benzene rings is 1. The standard InChI is InChI=1S/C14H13N3O4/c15-10-3-1-2-8(4-10)9-5-11(18)13(16-6-9)14(21)17-7-12(19)20/h1-6,18H,7,15H2,(H,17,21)(H,19,20). The third kappa shape index (κ3) is 3.47. The van der Waals surface area contributed by atoms with Gasteiger partial charge < -0.3 is 21.3 Å². The Morgan fingerprint density at radius 2 is 2.00 bits per heavy atom. The zero-order valence-electron chi connectivity index (χ0n) is 10.9. The van der Waals surface area contributed by atoms with E-state index in [0.717, 1.165) is 5.56 Å². The number of carboxylic acid groups (broad SMARTS) is 1. The number of nitrogens with one attached hydrogen (secondary N) is 1. The second kappa shape index (κ2) is 5.91. The van der Waals surface area contributed by atoms with E-state index in [0.29, 0.717) is 11.3 Å². The molecule has 0 atom stereocenters. The topological polar surface area (TPSA) is 126 Å². The lowest BCUT2D eigenvalue weighted by Gasteiger charge is -2.07. The van der Waals surface area contributed by atoms with Crippen LogP contribution in [0.25, 0.3) is 11.1 Å². The van der Waals surface area contributed by atoms with Crippen LogP contribution in [0, 0.1) is 0 Å². The van der Waals surface area contributed by atoms with Crippen molar-refractivity contribution in [3.8, 4) is 16.9 Å². The first-order valence-electron chi connectivity index (χ1n) is 6.02. The Morgan fingerprint density at radius 3 is 2.62 bits per heavy atom. The molecule has 0 saturated heterocycles. The minimum Gasteiger partial charge on any atom is -0.505 e. The number of pyridine rings is 1. The fraction of sp³-hybridized carbons (Fsp3) is 0.0714. The highest BCUT2D eigenvalue weighted by Gasteiger charge is 2.14. The molecular weight excluding hydrogens is 274 g/mol. The van der Waals surface area contributed by atoms with Gasteiger partial charge in [0, 0.05) is 17.4 Å². The molecule has 21 heavy (non-hydrogen) atoms. The van der Waals surface area contributed by atoms with Gasteiger partial charge in [0.2, 0.25) is 0 Å². The smallest absolute Gasteiger partial charge is 0.322 e. The summed E-state index contributed by atoms with van der Waals surface area (Å²) in [5.74, 6) is -2.27. The SMILES string of the molecule is Nc1cccc(-c2cnc(C(=O)NCC(=O)O)c(O)c2)c1. The summed E-state index contributed by atoms with van der Waals surface area (Å²) >= 11 is 0. The number of nitrogens with two attached hydrogens (primary N) is 1. The van der Waals surface area contributed by atoms with Crippen LogP contribution in [0.2, 0.25) is 0 Å². The molecule has 108 valence electrons. The van der Waals surface area contributed by atoms with E-state index >= 15 is 0 Å². The Bertz CT molecular complexity index is 700. The van der Waals surface area contributed by atoms with Gasteiger partial charge in [-0.05, 0) is 23.8 Å². The number of rotatable bonds is 4. The Hall–Kier alpha value is -3.09. The van der Waals surface area contributed by atoms with Crippen molar-refractivity contribution in [2.24, 2.45) is 0 Å².